The summed E-state index contributed by atoms with van der Waals surface area (Å²) in [6.07, 6.45) is 2.65. The lowest BCUT2D eigenvalue weighted by Crippen LogP contribution is -2.20. The lowest BCUT2D eigenvalue weighted by molar-refractivity contribution is 0.198. The number of rotatable bonds is 5. The van der Waals surface area contributed by atoms with Crippen molar-refractivity contribution in [3.8, 4) is 23.1 Å². The molecular formula is C23H23N7O2. The molecular weight excluding hydrogens is 406 g/mol. The van der Waals surface area contributed by atoms with Crippen LogP contribution in [0.1, 0.15) is 23.4 Å². The van der Waals surface area contributed by atoms with Crippen molar-refractivity contribution in [1.82, 2.24) is 24.7 Å². The molecule has 4 heterocycles. The summed E-state index contributed by atoms with van der Waals surface area (Å²) in [6, 6.07) is 12.0. The number of hydrogen-bond donors (Lipinski definition) is 3. The third kappa shape index (κ3) is 3.39. The molecule has 0 radical (unpaired) electrons. The summed E-state index contributed by atoms with van der Waals surface area (Å²) in [6.45, 7) is 3.29. The standard InChI is InChI=1S/C23H23N7O2/c1-14-22(19(11-24)28-27-14)23-15(7-9-31)2-5-21(26-23)30-13-25-18-10-16(3-4-20(18)30)29-8-6-17(32)12-29/h2-5,10,13,17,31-32H,6-9,12H2,1H3,(H,27,28)/t17-/m0/s1. The largest absolute Gasteiger partial charge is 0.396 e. The predicted molar refractivity (Wildman–Crippen MR) is 120 cm³/mol. The van der Waals surface area contributed by atoms with Crippen LogP contribution in [0.5, 0.6) is 0 Å². The van der Waals surface area contributed by atoms with Crippen molar-refractivity contribution in [2.75, 3.05) is 24.6 Å². The first-order valence-corrected chi connectivity index (χ1v) is 10.6. The van der Waals surface area contributed by atoms with E-state index in [-0.39, 0.29) is 18.4 Å². The van der Waals surface area contributed by atoms with E-state index in [4.69, 9.17) is 4.98 Å². The van der Waals surface area contributed by atoms with E-state index in [1.165, 1.54) is 0 Å². The lowest BCUT2D eigenvalue weighted by Gasteiger charge is -2.17. The van der Waals surface area contributed by atoms with Crippen LogP contribution in [-0.4, -0.2) is 60.7 Å². The van der Waals surface area contributed by atoms with Crippen LogP contribution in [0.4, 0.5) is 5.69 Å². The molecule has 1 atom stereocenters. The molecule has 0 saturated carbocycles. The Balaban J connectivity index is 1.59. The number of β-amino-alcohol motifs (C(OH)–C–C–N with tert-alkyl or cyclic N) is 1. The van der Waals surface area contributed by atoms with Crippen LogP contribution in [0.15, 0.2) is 36.7 Å². The molecule has 0 amide bonds. The maximum Gasteiger partial charge on any atom is 0.171 e. The van der Waals surface area contributed by atoms with Crippen molar-refractivity contribution >= 4 is 16.7 Å². The molecule has 3 N–H and O–H groups in total. The van der Waals surface area contributed by atoms with Crippen molar-refractivity contribution in [3.05, 3.63) is 53.6 Å². The van der Waals surface area contributed by atoms with Gasteiger partial charge in [-0.05, 0) is 49.6 Å². The highest BCUT2D eigenvalue weighted by molar-refractivity contribution is 5.81. The number of aromatic nitrogens is 5. The maximum absolute atomic E-state index is 9.84. The minimum atomic E-state index is -0.284. The van der Waals surface area contributed by atoms with E-state index in [0.29, 0.717) is 30.0 Å². The number of aliphatic hydroxyl groups is 2. The zero-order chi connectivity index (χ0) is 22.2. The van der Waals surface area contributed by atoms with E-state index < -0.39 is 0 Å². The Morgan fingerprint density at radius 1 is 1.28 bits per heavy atom. The lowest BCUT2D eigenvalue weighted by atomic mass is 10.0. The molecule has 1 fully saturated rings. The van der Waals surface area contributed by atoms with Gasteiger partial charge in [-0.2, -0.15) is 10.4 Å². The van der Waals surface area contributed by atoms with Crippen LogP contribution in [0.2, 0.25) is 0 Å². The normalized spacial score (nSPS) is 16.1. The fraction of sp³-hybridized carbons (Fsp3) is 0.304. The van der Waals surface area contributed by atoms with Crippen LogP contribution in [0.3, 0.4) is 0 Å². The number of benzene rings is 1. The van der Waals surface area contributed by atoms with Gasteiger partial charge >= 0.3 is 0 Å². The molecule has 9 heteroatoms. The first kappa shape index (κ1) is 20.2. The second kappa shape index (κ2) is 8.07. The fourth-order valence-corrected chi connectivity index (χ4v) is 4.31. The Kier molecular flexibility index (Phi) is 5.09. The first-order chi connectivity index (χ1) is 15.6. The molecule has 5 rings (SSSR count). The van der Waals surface area contributed by atoms with Crippen molar-refractivity contribution in [1.29, 1.82) is 5.26 Å². The highest BCUT2D eigenvalue weighted by Crippen LogP contribution is 2.30. The number of hydrogen-bond acceptors (Lipinski definition) is 7. The molecule has 32 heavy (non-hydrogen) atoms. The monoisotopic (exact) mass is 429 g/mol. The average Bonchev–Trinajstić information content (AvgIpc) is 3.52. The molecule has 9 nitrogen and oxygen atoms in total. The molecule has 1 aliphatic heterocycles. The number of nitrogens with one attached hydrogen (secondary N) is 1. The minimum Gasteiger partial charge on any atom is -0.396 e. The Hall–Kier alpha value is -3.74. The third-order valence-electron chi connectivity index (χ3n) is 5.94. The number of pyridine rings is 1. The first-order valence-electron chi connectivity index (χ1n) is 10.6. The second-order valence-electron chi connectivity index (χ2n) is 8.01. The van der Waals surface area contributed by atoms with Crippen LogP contribution in [-0.2, 0) is 6.42 Å². The summed E-state index contributed by atoms with van der Waals surface area (Å²) in [5.74, 6) is 0.665. The van der Waals surface area contributed by atoms with Gasteiger partial charge in [0.05, 0.1) is 28.4 Å². The summed E-state index contributed by atoms with van der Waals surface area (Å²) in [7, 11) is 0. The molecule has 3 aromatic heterocycles. The fourth-order valence-electron chi connectivity index (χ4n) is 4.31. The van der Waals surface area contributed by atoms with Crippen molar-refractivity contribution < 1.29 is 10.2 Å². The summed E-state index contributed by atoms with van der Waals surface area (Å²) < 4.78 is 1.91. The summed E-state index contributed by atoms with van der Waals surface area (Å²) in [5.41, 5.74) is 5.93. The molecule has 1 aliphatic rings. The van der Waals surface area contributed by atoms with Crippen LogP contribution < -0.4 is 4.90 Å². The summed E-state index contributed by atoms with van der Waals surface area (Å²) in [4.78, 5) is 11.6. The molecule has 0 bridgehead atoms. The predicted octanol–water partition coefficient (Wildman–Crippen LogP) is 2.10. The van der Waals surface area contributed by atoms with Gasteiger partial charge in [0, 0.05) is 31.1 Å². The number of H-pyrrole nitrogens is 1. The van der Waals surface area contributed by atoms with Gasteiger partial charge in [0.2, 0.25) is 0 Å². The van der Waals surface area contributed by atoms with Gasteiger partial charge < -0.3 is 15.1 Å². The Labute approximate surface area is 184 Å². The van der Waals surface area contributed by atoms with E-state index in [1.807, 2.05) is 41.8 Å². The number of nitrogens with zero attached hydrogens (tertiary/aromatic N) is 6. The SMILES string of the molecule is Cc1[nH]nc(C#N)c1-c1nc(-n2cnc3cc(N4CC[C@H](O)C4)ccc32)ccc1CCO. The minimum absolute atomic E-state index is 0.0191. The smallest absolute Gasteiger partial charge is 0.171 e. The molecule has 0 spiro atoms. The van der Waals surface area contributed by atoms with Gasteiger partial charge in [-0.1, -0.05) is 6.07 Å². The third-order valence-corrected chi connectivity index (χ3v) is 5.94. The van der Waals surface area contributed by atoms with Gasteiger partial charge in [0.1, 0.15) is 18.2 Å². The molecule has 0 unspecified atom stereocenters. The molecule has 162 valence electrons. The Bertz CT molecular complexity index is 1330. The zero-order valence-electron chi connectivity index (χ0n) is 17.7. The number of aryl methyl sites for hydroxylation is 1. The molecule has 1 saturated heterocycles. The number of fused-ring (bicyclic) bond motifs is 1. The van der Waals surface area contributed by atoms with E-state index in [9.17, 15) is 15.5 Å². The van der Waals surface area contributed by atoms with E-state index >= 15 is 0 Å². The van der Waals surface area contributed by atoms with Gasteiger partial charge in [-0.25, -0.2) is 9.97 Å². The van der Waals surface area contributed by atoms with Gasteiger partial charge in [0.15, 0.2) is 5.69 Å². The van der Waals surface area contributed by atoms with Crippen molar-refractivity contribution in [3.63, 3.8) is 0 Å². The van der Waals surface area contributed by atoms with Crippen LogP contribution in [0.25, 0.3) is 28.1 Å². The van der Waals surface area contributed by atoms with Crippen LogP contribution >= 0.6 is 0 Å². The number of aromatic amines is 1. The summed E-state index contributed by atoms with van der Waals surface area (Å²) >= 11 is 0. The average molecular weight is 429 g/mol. The van der Waals surface area contributed by atoms with E-state index in [0.717, 1.165) is 40.9 Å². The van der Waals surface area contributed by atoms with Crippen LogP contribution in [0, 0.1) is 18.3 Å². The van der Waals surface area contributed by atoms with Crippen molar-refractivity contribution in [2.45, 2.75) is 25.9 Å². The topological polar surface area (TPSA) is 127 Å². The molecule has 0 aliphatic carbocycles. The second-order valence-corrected chi connectivity index (χ2v) is 8.01. The van der Waals surface area contributed by atoms with E-state index in [1.54, 1.807) is 6.33 Å². The van der Waals surface area contributed by atoms with E-state index in [2.05, 4.69) is 26.2 Å². The Morgan fingerprint density at radius 3 is 2.91 bits per heavy atom. The molecule has 1 aromatic carbocycles. The number of anilines is 1. The number of nitriles is 1. The zero-order valence-corrected chi connectivity index (χ0v) is 17.7. The summed E-state index contributed by atoms with van der Waals surface area (Å²) in [5, 5.41) is 35.8. The van der Waals surface area contributed by atoms with Gasteiger partial charge in [0.25, 0.3) is 0 Å². The van der Waals surface area contributed by atoms with Gasteiger partial charge in [-0.15, -0.1) is 0 Å². The molecule has 4 aromatic rings. The maximum atomic E-state index is 9.84. The number of aliphatic hydroxyl groups excluding tert-OH is 2. The van der Waals surface area contributed by atoms with Crippen molar-refractivity contribution in [2.24, 2.45) is 0 Å². The Morgan fingerprint density at radius 2 is 2.16 bits per heavy atom. The highest BCUT2D eigenvalue weighted by atomic mass is 16.3. The quantitative estimate of drug-likeness (QED) is 0.443. The number of imidazole rings is 1. The highest BCUT2D eigenvalue weighted by Gasteiger charge is 2.22. The van der Waals surface area contributed by atoms with Gasteiger partial charge in [-0.3, -0.25) is 9.67 Å².